The maximum absolute atomic E-state index is 12.5. The Balaban J connectivity index is 1.66. The van der Waals surface area contributed by atoms with E-state index in [1.54, 1.807) is 7.11 Å². The fourth-order valence-corrected chi connectivity index (χ4v) is 3.50. The molecule has 2 aromatic carbocycles. The van der Waals surface area contributed by atoms with Crippen LogP contribution in [0.4, 0.5) is 5.13 Å². The van der Waals surface area contributed by atoms with Gasteiger partial charge in [-0.1, -0.05) is 30.3 Å². The molecule has 1 aromatic heterocycles. The van der Waals surface area contributed by atoms with Crippen LogP contribution in [0, 0.1) is 0 Å². The zero-order valence-electron chi connectivity index (χ0n) is 15.6. The van der Waals surface area contributed by atoms with Gasteiger partial charge in [-0.05, 0) is 29.8 Å². The quantitative estimate of drug-likeness (QED) is 0.633. The molecule has 7 heteroatoms. The highest BCUT2D eigenvalue weighted by molar-refractivity contribution is 7.14. The van der Waals surface area contributed by atoms with Crippen LogP contribution in [-0.2, 0) is 9.59 Å². The molecule has 28 heavy (non-hydrogen) atoms. The second-order valence-corrected chi connectivity index (χ2v) is 7.04. The van der Waals surface area contributed by atoms with E-state index in [1.165, 1.54) is 18.3 Å². The maximum Gasteiger partial charge on any atom is 0.228 e. The average molecular weight is 395 g/mol. The number of amides is 2. The van der Waals surface area contributed by atoms with Gasteiger partial charge >= 0.3 is 0 Å². The van der Waals surface area contributed by atoms with Crippen LogP contribution in [0.25, 0.3) is 11.3 Å². The molecular formula is C21H21N3O3S. The van der Waals surface area contributed by atoms with E-state index >= 15 is 0 Å². The Bertz CT molecular complexity index is 939. The van der Waals surface area contributed by atoms with Gasteiger partial charge in [-0.2, -0.15) is 0 Å². The van der Waals surface area contributed by atoms with Gasteiger partial charge in [0.1, 0.15) is 5.75 Å². The number of aromatic nitrogens is 1. The van der Waals surface area contributed by atoms with Crippen molar-refractivity contribution in [1.29, 1.82) is 0 Å². The summed E-state index contributed by atoms with van der Waals surface area (Å²) in [5.41, 5.74) is 2.60. The number of hydrogen-bond acceptors (Lipinski definition) is 5. The SMILES string of the molecule is COc1ccc(-c2csc(NC(=O)CC(NC(C)=O)c3ccccc3)n2)cc1. The van der Waals surface area contributed by atoms with E-state index in [4.69, 9.17) is 4.74 Å². The molecule has 0 saturated carbocycles. The Hall–Kier alpha value is -3.19. The van der Waals surface area contributed by atoms with Crippen LogP contribution in [0.15, 0.2) is 60.0 Å². The number of nitrogens with one attached hydrogen (secondary N) is 2. The highest BCUT2D eigenvalue weighted by Crippen LogP contribution is 2.27. The smallest absolute Gasteiger partial charge is 0.228 e. The third-order valence-electron chi connectivity index (χ3n) is 4.11. The number of ether oxygens (including phenoxy) is 1. The number of anilines is 1. The summed E-state index contributed by atoms with van der Waals surface area (Å²) in [6.45, 7) is 1.44. The van der Waals surface area contributed by atoms with Gasteiger partial charge in [0.2, 0.25) is 11.8 Å². The minimum atomic E-state index is -0.389. The monoisotopic (exact) mass is 395 g/mol. The van der Waals surface area contributed by atoms with Crippen LogP contribution in [0.2, 0.25) is 0 Å². The molecule has 144 valence electrons. The van der Waals surface area contributed by atoms with E-state index < -0.39 is 0 Å². The lowest BCUT2D eigenvalue weighted by molar-refractivity contribution is -0.120. The fourth-order valence-electron chi connectivity index (χ4n) is 2.76. The van der Waals surface area contributed by atoms with E-state index in [2.05, 4.69) is 15.6 Å². The number of benzene rings is 2. The summed E-state index contributed by atoms with van der Waals surface area (Å²) in [6, 6.07) is 16.6. The van der Waals surface area contributed by atoms with Gasteiger partial charge < -0.3 is 15.4 Å². The van der Waals surface area contributed by atoms with Gasteiger partial charge in [0.15, 0.2) is 5.13 Å². The third-order valence-corrected chi connectivity index (χ3v) is 4.86. The molecule has 1 unspecified atom stereocenters. The molecule has 0 spiro atoms. The number of carbonyl (C=O) groups excluding carboxylic acids is 2. The standard InChI is InChI=1S/C21H21N3O3S/c1-14(25)22-18(15-6-4-3-5-7-15)12-20(26)24-21-23-19(13-28-21)16-8-10-17(27-2)11-9-16/h3-11,13,18H,12H2,1-2H3,(H,22,25)(H,23,24,26). The Labute approximate surface area is 167 Å². The predicted octanol–water partition coefficient (Wildman–Crippen LogP) is 4.02. The predicted molar refractivity (Wildman–Crippen MR) is 110 cm³/mol. The van der Waals surface area contributed by atoms with Crippen molar-refractivity contribution in [3.63, 3.8) is 0 Å². The summed E-state index contributed by atoms with van der Waals surface area (Å²) in [4.78, 5) is 28.5. The van der Waals surface area contributed by atoms with Gasteiger partial charge in [0.05, 0.1) is 25.3 Å². The molecule has 0 bridgehead atoms. The second-order valence-electron chi connectivity index (χ2n) is 6.18. The first-order valence-electron chi connectivity index (χ1n) is 8.77. The second kappa shape index (κ2) is 9.14. The summed E-state index contributed by atoms with van der Waals surface area (Å²) >= 11 is 1.36. The first-order valence-corrected chi connectivity index (χ1v) is 9.65. The summed E-state index contributed by atoms with van der Waals surface area (Å²) in [6.07, 6.45) is 0.126. The number of methoxy groups -OCH3 is 1. The molecule has 0 fully saturated rings. The van der Waals surface area contributed by atoms with Crippen molar-refractivity contribution in [2.45, 2.75) is 19.4 Å². The number of hydrogen-bond donors (Lipinski definition) is 2. The molecule has 0 saturated heterocycles. The van der Waals surface area contributed by atoms with Gasteiger partial charge in [-0.15, -0.1) is 11.3 Å². The van der Waals surface area contributed by atoms with E-state index in [0.717, 1.165) is 22.6 Å². The molecule has 1 heterocycles. The van der Waals surface area contributed by atoms with Crippen LogP contribution in [0.3, 0.4) is 0 Å². The fraction of sp³-hybridized carbons (Fsp3) is 0.190. The lowest BCUT2D eigenvalue weighted by Gasteiger charge is -2.17. The molecule has 1 atom stereocenters. The summed E-state index contributed by atoms with van der Waals surface area (Å²) in [5, 5.41) is 8.05. The van der Waals surface area contributed by atoms with Crippen LogP contribution in [0.5, 0.6) is 5.75 Å². The first kappa shape index (κ1) is 19.6. The Morgan fingerprint density at radius 1 is 1.11 bits per heavy atom. The third kappa shape index (κ3) is 5.17. The zero-order valence-corrected chi connectivity index (χ0v) is 16.5. The number of thiazole rings is 1. The average Bonchev–Trinajstić information content (AvgIpc) is 3.16. The summed E-state index contributed by atoms with van der Waals surface area (Å²) in [7, 11) is 1.62. The molecule has 2 N–H and O–H groups in total. The van der Waals surface area contributed by atoms with Gasteiger partial charge in [-0.3, -0.25) is 9.59 Å². The van der Waals surface area contributed by atoms with Crippen LogP contribution in [0.1, 0.15) is 24.9 Å². The highest BCUT2D eigenvalue weighted by Gasteiger charge is 2.18. The molecule has 2 amide bonds. The molecular weight excluding hydrogens is 374 g/mol. The topological polar surface area (TPSA) is 80.3 Å². The summed E-state index contributed by atoms with van der Waals surface area (Å²) in [5.74, 6) is 0.383. The molecule has 0 aliphatic rings. The van der Waals surface area contributed by atoms with Crippen molar-refractivity contribution >= 4 is 28.3 Å². The van der Waals surface area contributed by atoms with Crippen LogP contribution >= 0.6 is 11.3 Å². The van der Waals surface area contributed by atoms with Gasteiger partial charge in [0, 0.05) is 17.9 Å². The van der Waals surface area contributed by atoms with Gasteiger partial charge in [-0.25, -0.2) is 4.98 Å². The number of nitrogens with zero attached hydrogens (tertiary/aromatic N) is 1. The van der Waals surface area contributed by atoms with Crippen molar-refractivity contribution in [3.8, 4) is 17.0 Å². The van der Waals surface area contributed by atoms with E-state index in [1.807, 2.05) is 60.0 Å². The molecule has 3 aromatic rings. The largest absolute Gasteiger partial charge is 0.497 e. The van der Waals surface area contributed by atoms with Crippen molar-refractivity contribution in [3.05, 3.63) is 65.5 Å². The maximum atomic E-state index is 12.5. The lowest BCUT2D eigenvalue weighted by atomic mass is 10.0. The van der Waals surface area contributed by atoms with E-state index in [-0.39, 0.29) is 24.3 Å². The van der Waals surface area contributed by atoms with Crippen LogP contribution in [-0.4, -0.2) is 23.9 Å². The minimum Gasteiger partial charge on any atom is -0.497 e. The first-order chi connectivity index (χ1) is 13.5. The minimum absolute atomic E-state index is 0.126. The van der Waals surface area contributed by atoms with E-state index in [0.29, 0.717) is 5.13 Å². The van der Waals surface area contributed by atoms with Crippen molar-refractivity contribution < 1.29 is 14.3 Å². The Morgan fingerprint density at radius 2 is 1.82 bits per heavy atom. The van der Waals surface area contributed by atoms with Crippen molar-refractivity contribution in [1.82, 2.24) is 10.3 Å². The molecule has 0 aliphatic heterocycles. The normalized spacial score (nSPS) is 11.5. The van der Waals surface area contributed by atoms with Crippen molar-refractivity contribution in [2.24, 2.45) is 0 Å². The molecule has 3 rings (SSSR count). The Kier molecular flexibility index (Phi) is 6.39. The van der Waals surface area contributed by atoms with Gasteiger partial charge in [0.25, 0.3) is 0 Å². The zero-order chi connectivity index (χ0) is 19.9. The molecule has 0 radical (unpaired) electrons. The lowest BCUT2D eigenvalue weighted by Crippen LogP contribution is -2.29. The highest BCUT2D eigenvalue weighted by atomic mass is 32.1. The molecule has 0 aliphatic carbocycles. The molecule has 6 nitrogen and oxygen atoms in total. The van der Waals surface area contributed by atoms with Crippen molar-refractivity contribution in [2.75, 3.05) is 12.4 Å². The summed E-state index contributed by atoms with van der Waals surface area (Å²) < 4.78 is 5.16. The number of rotatable bonds is 7. The van der Waals surface area contributed by atoms with Crippen LogP contribution < -0.4 is 15.4 Å². The number of carbonyl (C=O) groups is 2. The van der Waals surface area contributed by atoms with E-state index in [9.17, 15) is 9.59 Å². The Morgan fingerprint density at radius 3 is 2.46 bits per heavy atom.